The average molecular weight is 266 g/mol. The van der Waals surface area contributed by atoms with Gasteiger partial charge in [-0.2, -0.15) is 0 Å². The Morgan fingerprint density at radius 3 is 3.22 bits per heavy atom. The summed E-state index contributed by atoms with van der Waals surface area (Å²) >= 11 is 5.84. The van der Waals surface area contributed by atoms with Gasteiger partial charge in [-0.1, -0.05) is 6.07 Å². The summed E-state index contributed by atoms with van der Waals surface area (Å²) in [5, 5.41) is 0. The van der Waals surface area contributed by atoms with Crippen LogP contribution in [0.1, 0.15) is 5.69 Å². The van der Waals surface area contributed by atoms with Crippen molar-refractivity contribution in [1.82, 2.24) is 14.3 Å². The van der Waals surface area contributed by atoms with Gasteiger partial charge in [-0.05, 0) is 12.1 Å². The number of hydrogen-bond donors (Lipinski definition) is 0. The van der Waals surface area contributed by atoms with E-state index in [4.69, 9.17) is 16.3 Å². The zero-order valence-electron chi connectivity index (χ0n) is 10.1. The predicted molar refractivity (Wildman–Crippen MR) is 70.9 cm³/mol. The number of rotatable bonds is 3. The molecule has 1 aliphatic rings. The Morgan fingerprint density at radius 1 is 1.44 bits per heavy atom. The summed E-state index contributed by atoms with van der Waals surface area (Å²) < 4.78 is 7.61. The second-order valence-corrected chi connectivity index (χ2v) is 4.89. The number of imidazole rings is 1. The number of morpholine rings is 1. The highest BCUT2D eigenvalue weighted by Gasteiger charge is 2.20. The highest BCUT2D eigenvalue weighted by molar-refractivity contribution is 6.18. The molecule has 2 aromatic heterocycles. The smallest absolute Gasteiger partial charge is 0.137 e. The molecule has 96 valence electrons. The third-order valence-electron chi connectivity index (χ3n) is 3.19. The molecule has 0 amide bonds. The van der Waals surface area contributed by atoms with Crippen molar-refractivity contribution in [3.63, 3.8) is 0 Å². The molecule has 1 aliphatic heterocycles. The first-order chi connectivity index (χ1) is 8.85. The molecule has 1 saturated heterocycles. The van der Waals surface area contributed by atoms with E-state index in [-0.39, 0.29) is 6.10 Å². The minimum absolute atomic E-state index is 0.150. The van der Waals surface area contributed by atoms with E-state index in [1.165, 1.54) is 0 Å². The van der Waals surface area contributed by atoms with Crippen molar-refractivity contribution in [2.45, 2.75) is 12.6 Å². The third-order valence-corrected chi connectivity index (χ3v) is 3.54. The lowest BCUT2D eigenvalue weighted by molar-refractivity contribution is -0.0197. The number of halogens is 1. The minimum Gasteiger partial charge on any atom is -0.374 e. The summed E-state index contributed by atoms with van der Waals surface area (Å²) in [6.07, 6.45) is 4.25. The Morgan fingerprint density at radius 2 is 2.39 bits per heavy atom. The third kappa shape index (κ3) is 2.51. The monoisotopic (exact) mass is 265 g/mol. The van der Waals surface area contributed by atoms with Crippen LogP contribution in [0.15, 0.2) is 30.6 Å². The first-order valence-electron chi connectivity index (χ1n) is 6.17. The van der Waals surface area contributed by atoms with E-state index in [0.29, 0.717) is 5.88 Å². The van der Waals surface area contributed by atoms with Crippen molar-refractivity contribution in [2.75, 3.05) is 25.6 Å². The molecule has 0 bridgehead atoms. The molecular weight excluding hydrogens is 250 g/mol. The Bertz CT molecular complexity index is 495. The molecule has 3 heterocycles. The van der Waals surface area contributed by atoms with Crippen LogP contribution in [0.5, 0.6) is 0 Å². The number of ether oxygens (including phenoxy) is 1. The Kier molecular flexibility index (Phi) is 3.50. The summed E-state index contributed by atoms with van der Waals surface area (Å²) in [6.45, 7) is 3.45. The van der Waals surface area contributed by atoms with Gasteiger partial charge >= 0.3 is 0 Å². The lowest BCUT2D eigenvalue weighted by Gasteiger charge is -2.31. The Balaban J connectivity index is 1.71. The van der Waals surface area contributed by atoms with E-state index in [1.54, 1.807) is 0 Å². The van der Waals surface area contributed by atoms with Gasteiger partial charge in [0.05, 0.1) is 18.4 Å². The molecule has 3 rings (SSSR count). The van der Waals surface area contributed by atoms with Gasteiger partial charge in [0.25, 0.3) is 0 Å². The maximum absolute atomic E-state index is 5.84. The van der Waals surface area contributed by atoms with Crippen molar-refractivity contribution >= 4 is 17.2 Å². The van der Waals surface area contributed by atoms with Gasteiger partial charge in [-0.25, -0.2) is 4.98 Å². The molecule has 0 N–H and O–H groups in total. The lowest BCUT2D eigenvalue weighted by atomic mass is 10.3. The number of hydrogen-bond acceptors (Lipinski definition) is 3. The molecule has 0 saturated carbocycles. The minimum atomic E-state index is 0.150. The van der Waals surface area contributed by atoms with Crippen LogP contribution in [0, 0.1) is 0 Å². The van der Waals surface area contributed by atoms with Crippen LogP contribution in [0.25, 0.3) is 5.65 Å². The van der Waals surface area contributed by atoms with Crippen molar-refractivity contribution < 1.29 is 4.74 Å². The fourth-order valence-corrected chi connectivity index (χ4v) is 2.50. The van der Waals surface area contributed by atoms with Gasteiger partial charge in [-0.3, -0.25) is 4.90 Å². The van der Waals surface area contributed by atoms with Crippen LogP contribution in [-0.4, -0.2) is 46.0 Å². The zero-order valence-corrected chi connectivity index (χ0v) is 10.9. The summed E-state index contributed by atoms with van der Waals surface area (Å²) in [4.78, 5) is 6.95. The first kappa shape index (κ1) is 12.0. The predicted octanol–water partition coefficient (Wildman–Crippen LogP) is 1.77. The molecule has 0 radical (unpaired) electrons. The zero-order chi connectivity index (χ0) is 12.4. The van der Waals surface area contributed by atoms with E-state index in [9.17, 15) is 0 Å². The quantitative estimate of drug-likeness (QED) is 0.793. The molecular formula is C13H16ClN3O. The van der Waals surface area contributed by atoms with Crippen LogP contribution >= 0.6 is 11.6 Å². The Hall–Kier alpha value is -1.10. The number of nitrogens with zero attached hydrogens (tertiary/aromatic N) is 3. The standard InChI is InChI=1S/C13H16ClN3O/c14-7-12-10-16(5-6-18-12)8-11-9-17-4-2-1-3-13(17)15-11/h1-4,9,12H,5-8,10H2. The van der Waals surface area contributed by atoms with Gasteiger partial charge in [0, 0.05) is 37.9 Å². The molecule has 1 fully saturated rings. The molecule has 0 aliphatic carbocycles. The molecule has 18 heavy (non-hydrogen) atoms. The molecule has 1 unspecified atom stereocenters. The molecule has 5 heteroatoms. The lowest BCUT2D eigenvalue weighted by Crippen LogP contribution is -2.42. The SMILES string of the molecule is ClCC1CN(Cc2cn3ccccc3n2)CCO1. The number of aromatic nitrogens is 2. The summed E-state index contributed by atoms with van der Waals surface area (Å²) in [5.41, 5.74) is 2.09. The van der Waals surface area contributed by atoms with Crippen LogP contribution in [0.3, 0.4) is 0 Å². The van der Waals surface area contributed by atoms with Gasteiger partial charge < -0.3 is 9.14 Å². The molecule has 0 aromatic carbocycles. The van der Waals surface area contributed by atoms with Crippen LogP contribution in [0.4, 0.5) is 0 Å². The largest absolute Gasteiger partial charge is 0.374 e. The molecule has 4 nitrogen and oxygen atoms in total. The van der Waals surface area contributed by atoms with Gasteiger partial charge in [0.15, 0.2) is 0 Å². The molecule has 1 atom stereocenters. The normalized spacial score (nSPS) is 21.5. The maximum atomic E-state index is 5.84. The topological polar surface area (TPSA) is 29.8 Å². The number of pyridine rings is 1. The number of alkyl halides is 1. The van der Waals surface area contributed by atoms with E-state index in [2.05, 4.69) is 20.5 Å². The second-order valence-electron chi connectivity index (χ2n) is 4.58. The van der Waals surface area contributed by atoms with E-state index in [1.807, 2.05) is 24.4 Å². The summed E-state index contributed by atoms with van der Waals surface area (Å²) in [5.74, 6) is 0.557. The number of fused-ring (bicyclic) bond motifs is 1. The fraction of sp³-hybridized carbons (Fsp3) is 0.462. The van der Waals surface area contributed by atoms with Gasteiger partial charge in [0.1, 0.15) is 5.65 Å². The van der Waals surface area contributed by atoms with Crippen molar-refractivity contribution in [2.24, 2.45) is 0 Å². The van der Waals surface area contributed by atoms with Crippen molar-refractivity contribution in [3.05, 3.63) is 36.3 Å². The average Bonchev–Trinajstić information content (AvgIpc) is 2.81. The maximum Gasteiger partial charge on any atom is 0.137 e. The van der Waals surface area contributed by atoms with Gasteiger partial charge in [-0.15, -0.1) is 11.6 Å². The van der Waals surface area contributed by atoms with E-state index < -0.39 is 0 Å². The first-order valence-corrected chi connectivity index (χ1v) is 6.71. The molecule has 0 spiro atoms. The second kappa shape index (κ2) is 5.26. The summed E-state index contributed by atoms with van der Waals surface area (Å²) in [6, 6.07) is 6.03. The highest BCUT2D eigenvalue weighted by atomic mass is 35.5. The van der Waals surface area contributed by atoms with Crippen LogP contribution < -0.4 is 0 Å². The van der Waals surface area contributed by atoms with Gasteiger partial charge in [0.2, 0.25) is 0 Å². The van der Waals surface area contributed by atoms with E-state index >= 15 is 0 Å². The highest BCUT2D eigenvalue weighted by Crippen LogP contribution is 2.12. The van der Waals surface area contributed by atoms with Crippen LogP contribution in [0.2, 0.25) is 0 Å². The van der Waals surface area contributed by atoms with Crippen molar-refractivity contribution in [3.8, 4) is 0 Å². The summed E-state index contributed by atoms with van der Waals surface area (Å²) in [7, 11) is 0. The molecule has 2 aromatic rings. The van der Waals surface area contributed by atoms with Crippen LogP contribution in [-0.2, 0) is 11.3 Å². The van der Waals surface area contributed by atoms with Crippen molar-refractivity contribution in [1.29, 1.82) is 0 Å². The Labute approximate surface area is 111 Å². The van der Waals surface area contributed by atoms with E-state index in [0.717, 1.165) is 37.6 Å². The fourth-order valence-electron chi connectivity index (χ4n) is 2.31.